The van der Waals surface area contributed by atoms with Gasteiger partial charge >= 0.3 is 0 Å². The summed E-state index contributed by atoms with van der Waals surface area (Å²) in [6.07, 6.45) is 8.70. The van der Waals surface area contributed by atoms with Gasteiger partial charge in [-0.2, -0.15) is 0 Å². The molecule has 1 rings (SSSR count). The lowest BCUT2D eigenvalue weighted by Gasteiger charge is -2.08. The van der Waals surface area contributed by atoms with Gasteiger partial charge in [0.1, 0.15) is 0 Å². The van der Waals surface area contributed by atoms with Crippen LogP contribution in [-0.4, -0.2) is 24.7 Å². The molecule has 128 valence electrons. The van der Waals surface area contributed by atoms with E-state index in [0.29, 0.717) is 24.6 Å². The molecule has 0 saturated heterocycles. The van der Waals surface area contributed by atoms with Crippen molar-refractivity contribution in [3.63, 3.8) is 0 Å². The Kier molecular flexibility index (Phi) is 8.88. The number of hydrogen-bond donors (Lipinski definition) is 2. The zero-order chi connectivity index (χ0) is 17.1. The molecule has 0 aliphatic rings. The van der Waals surface area contributed by atoms with Crippen LogP contribution >= 0.6 is 0 Å². The molecule has 2 N–H and O–H groups in total. The molecule has 0 aromatic heterocycles. The Morgan fingerprint density at radius 2 is 2.13 bits per heavy atom. The minimum absolute atomic E-state index is 0.101. The minimum atomic E-state index is 0.101. The summed E-state index contributed by atoms with van der Waals surface area (Å²) in [4.78, 5) is 11.8. The number of hydrogen-bond acceptors (Lipinski definition) is 3. The van der Waals surface area contributed by atoms with Crippen LogP contribution in [0, 0.1) is 5.92 Å². The number of rotatable bonds is 10. The largest absolute Gasteiger partial charge is 0.504 e. The maximum absolute atomic E-state index is 11.8. The fourth-order valence-corrected chi connectivity index (χ4v) is 2.23. The van der Waals surface area contributed by atoms with E-state index >= 15 is 0 Å². The molecule has 1 amide bonds. The predicted molar refractivity (Wildman–Crippen MR) is 93.8 cm³/mol. The Labute approximate surface area is 139 Å². The van der Waals surface area contributed by atoms with Crippen molar-refractivity contribution in [3.8, 4) is 11.5 Å². The molecule has 0 saturated carbocycles. The van der Waals surface area contributed by atoms with Crippen molar-refractivity contribution in [2.75, 3.05) is 13.7 Å². The van der Waals surface area contributed by atoms with E-state index in [9.17, 15) is 9.90 Å². The van der Waals surface area contributed by atoms with Crippen molar-refractivity contribution in [2.45, 2.75) is 46.0 Å². The summed E-state index contributed by atoms with van der Waals surface area (Å²) >= 11 is 0. The van der Waals surface area contributed by atoms with E-state index in [2.05, 4.69) is 31.3 Å². The van der Waals surface area contributed by atoms with Crippen LogP contribution in [0.2, 0.25) is 0 Å². The van der Waals surface area contributed by atoms with Crippen LogP contribution in [0.5, 0.6) is 11.5 Å². The Morgan fingerprint density at radius 3 is 2.83 bits per heavy atom. The third-order valence-electron chi connectivity index (χ3n) is 3.53. The van der Waals surface area contributed by atoms with Crippen molar-refractivity contribution in [1.82, 2.24) is 5.32 Å². The molecule has 23 heavy (non-hydrogen) atoms. The third kappa shape index (κ3) is 8.29. The fraction of sp³-hybridized carbons (Fsp3) is 0.526. The van der Waals surface area contributed by atoms with Gasteiger partial charge in [-0.25, -0.2) is 0 Å². The third-order valence-corrected chi connectivity index (χ3v) is 3.53. The van der Waals surface area contributed by atoms with Gasteiger partial charge in [0, 0.05) is 13.0 Å². The van der Waals surface area contributed by atoms with Crippen molar-refractivity contribution in [2.24, 2.45) is 5.92 Å². The highest BCUT2D eigenvalue weighted by molar-refractivity contribution is 5.75. The number of benzene rings is 1. The van der Waals surface area contributed by atoms with E-state index in [4.69, 9.17) is 4.74 Å². The molecule has 0 spiro atoms. The molecular weight excluding hydrogens is 290 g/mol. The zero-order valence-electron chi connectivity index (χ0n) is 14.5. The summed E-state index contributed by atoms with van der Waals surface area (Å²) in [5.41, 5.74) is 1.03. The molecule has 0 aliphatic heterocycles. The average molecular weight is 319 g/mol. The monoisotopic (exact) mass is 319 g/mol. The molecule has 4 heteroatoms. The second kappa shape index (κ2) is 10.7. The van der Waals surface area contributed by atoms with Gasteiger partial charge in [-0.1, -0.05) is 32.1 Å². The number of phenolic OH excluding ortho intramolecular Hbond substituents is 1. The van der Waals surface area contributed by atoms with E-state index in [-0.39, 0.29) is 11.7 Å². The van der Waals surface area contributed by atoms with Crippen LogP contribution < -0.4 is 10.1 Å². The lowest BCUT2D eigenvalue weighted by atomic mass is 10.1. The van der Waals surface area contributed by atoms with Gasteiger partial charge in [0.15, 0.2) is 11.5 Å². The van der Waals surface area contributed by atoms with Crippen molar-refractivity contribution < 1.29 is 14.6 Å². The van der Waals surface area contributed by atoms with E-state index < -0.39 is 0 Å². The number of ether oxygens (including phenoxy) is 1. The normalized spacial score (nSPS) is 11.1. The van der Waals surface area contributed by atoms with Crippen LogP contribution in [-0.2, 0) is 11.2 Å². The topological polar surface area (TPSA) is 58.6 Å². The van der Waals surface area contributed by atoms with Crippen molar-refractivity contribution in [3.05, 3.63) is 35.9 Å². The summed E-state index contributed by atoms with van der Waals surface area (Å²) in [5, 5.41) is 12.5. The number of phenols is 1. The van der Waals surface area contributed by atoms with Crippen LogP contribution in [0.4, 0.5) is 0 Å². The minimum Gasteiger partial charge on any atom is -0.504 e. The summed E-state index contributed by atoms with van der Waals surface area (Å²) in [5.74, 6) is 1.29. The predicted octanol–water partition coefficient (Wildman–Crippen LogP) is 3.83. The standard InChI is InChI=1S/C19H29NO3/c1-15(2)8-6-4-5-7-9-19(22)20-13-12-16-10-11-17(21)18(14-16)23-3/h6,8,10-11,14-15,21H,4-5,7,9,12-13H2,1-3H3,(H,20,22)/b8-6+. The van der Waals surface area contributed by atoms with E-state index in [1.165, 1.54) is 7.11 Å². The van der Waals surface area contributed by atoms with Crippen LogP contribution in [0.25, 0.3) is 0 Å². The fourth-order valence-electron chi connectivity index (χ4n) is 2.23. The van der Waals surface area contributed by atoms with Gasteiger partial charge in [0.25, 0.3) is 0 Å². The van der Waals surface area contributed by atoms with E-state index in [1.807, 2.05) is 6.07 Å². The number of unbranched alkanes of at least 4 members (excludes halogenated alkanes) is 2. The molecule has 1 aromatic carbocycles. The van der Waals surface area contributed by atoms with Gasteiger partial charge < -0.3 is 15.2 Å². The first kappa shape index (κ1) is 19.1. The summed E-state index contributed by atoms with van der Waals surface area (Å²) in [6, 6.07) is 5.24. The van der Waals surface area contributed by atoms with Gasteiger partial charge in [-0.3, -0.25) is 4.79 Å². The molecule has 0 heterocycles. The molecule has 0 unspecified atom stereocenters. The molecule has 0 atom stereocenters. The SMILES string of the molecule is COc1cc(CCNC(=O)CCCC/C=C/C(C)C)ccc1O. The first-order valence-corrected chi connectivity index (χ1v) is 8.32. The van der Waals surface area contributed by atoms with Gasteiger partial charge in [0.05, 0.1) is 7.11 Å². The number of allylic oxidation sites excluding steroid dienone is 2. The number of carbonyl (C=O) groups excluding carboxylic acids is 1. The van der Waals surface area contributed by atoms with Crippen molar-refractivity contribution >= 4 is 5.91 Å². The summed E-state index contributed by atoms with van der Waals surface area (Å²) < 4.78 is 5.07. The Balaban J connectivity index is 2.17. The van der Waals surface area contributed by atoms with E-state index in [1.54, 1.807) is 12.1 Å². The Bertz CT molecular complexity index is 509. The van der Waals surface area contributed by atoms with Gasteiger partial charge in [0.2, 0.25) is 5.91 Å². The second-order valence-electron chi connectivity index (χ2n) is 6.02. The molecule has 0 aliphatic carbocycles. The second-order valence-corrected chi connectivity index (χ2v) is 6.02. The number of nitrogens with one attached hydrogen (secondary N) is 1. The number of methoxy groups -OCH3 is 1. The molecule has 0 fully saturated rings. The number of carbonyl (C=O) groups is 1. The Morgan fingerprint density at radius 1 is 1.35 bits per heavy atom. The number of aromatic hydroxyl groups is 1. The van der Waals surface area contributed by atoms with Crippen LogP contribution in [0.1, 0.15) is 45.1 Å². The van der Waals surface area contributed by atoms with E-state index in [0.717, 1.165) is 31.2 Å². The van der Waals surface area contributed by atoms with Crippen molar-refractivity contribution in [1.29, 1.82) is 0 Å². The lowest BCUT2D eigenvalue weighted by molar-refractivity contribution is -0.121. The molecule has 1 aromatic rings. The first-order chi connectivity index (χ1) is 11.0. The maximum atomic E-state index is 11.8. The Hall–Kier alpha value is -1.97. The first-order valence-electron chi connectivity index (χ1n) is 8.32. The van der Waals surface area contributed by atoms with Gasteiger partial charge in [-0.15, -0.1) is 0 Å². The van der Waals surface area contributed by atoms with Crippen LogP contribution in [0.15, 0.2) is 30.4 Å². The number of amides is 1. The molecule has 0 radical (unpaired) electrons. The summed E-state index contributed by atoms with van der Waals surface area (Å²) in [6.45, 7) is 4.92. The highest BCUT2D eigenvalue weighted by Crippen LogP contribution is 2.26. The molecular formula is C19H29NO3. The summed E-state index contributed by atoms with van der Waals surface area (Å²) in [7, 11) is 1.52. The average Bonchev–Trinajstić information content (AvgIpc) is 2.52. The highest BCUT2D eigenvalue weighted by atomic mass is 16.5. The smallest absolute Gasteiger partial charge is 0.220 e. The van der Waals surface area contributed by atoms with Crippen LogP contribution in [0.3, 0.4) is 0 Å². The lowest BCUT2D eigenvalue weighted by Crippen LogP contribution is -2.25. The van der Waals surface area contributed by atoms with Gasteiger partial charge in [-0.05, 0) is 49.3 Å². The molecule has 0 bridgehead atoms. The quantitative estimate of drug-likeness (QED) is 0.509. The highest BCUT2D eigenvalue weighted by Gasteiger charge is 2.04. The molecule has 4 nitrogen and oxygen atoms in total. The maximum Gasteiger partial charge on any atom is 0.220 e. The zero-order valence-corrected chi connectivity index (χ0v) is 14.5.